The smallest absolute Gasteiger partial charge is 0.103 e. The van der Waals surface area contributed by atoms with E-state index in [0.717, 1.165) is 36.4 Å². The monoisotopic (exact) mass is 174 g/mol. The van der Waals surface area contributed by atoms with Crippen LogP contribution in [0.15, 0.2) is 0 Å². The molecule has 1 fully saturated rings. The molecule has 0 amide bonds. The zero-order valence-electron chi connectivity index (χ0n) is 8.84. The Labute approximate surface area is 82.9 Å². The van der Waals surface area contributed by atoms with Crippen LogP contribution in [0, 0.1) is 29.6 Å². The van der Waals surface area contributed by atoms with Crippen molar-refractivity contribution >= 4 is 7.85 Å². The molecular weight excluding hydrogens is 155 g/mol. The lowest BCUT2D eigenvalue weighted by atomic mass is 9.84. The zero-order chi connectivity index (χ0) is 9.26. The van der Waals surface area contributed by atoms with Crippen LogP contribution in [-0.2, 0) is 0 Å². The highest BCUT2D eigenvalue weighted by molar-refractivity contribution is 6.11. The van der Waals surface area contributed by atoms with Gasteiger partial charge >= 0.3 is 0 Å². The summed E-state index contributed by atoms with van der Waals surface area (Å²) in [6.07, 6.45) is 6.55. The van der Waals surface area contributed by atoms with Crippen LogP contribution in [0.4, 0.5) is 0 Å². The van der Waals surface area contributed by atoms with Crippen molar-refractivity contribution in [2.75, 3.05) is 0 Å². The molecule has 0 heterocycles. The van der Waals surface area contributed by atoms with Crippen molar-refractivity contribution in [3.8, 4) is 11.8 Å². The van der Waals surface area contributed by atoms with E-state index in [1.807, 2.05) is 0 Å². The number of fused-ring (bicyclic) bond motifs is 1. The van der Waals surface area contributed by atoms with Crippen molar-refractivity contribution in [3.63, 3.8) is 0 Å². The second kappa shape index (κ2) is 3.78. The summed E-state index contributed by atoms with van der Waals surface area (Å²) < 4.78 is 0. The normalized spacial score (nSPS) is 39.0. The van der Waals surface area contributed by atoms with Crippen LogP contribution in [0.2, 0.25) is 5.82 Å². The fraction of sp³-hybridized carbons (Fsp3) is 0.833. The molecule has 0 saturated heterocycles. The van der Waals surface area contributed by atoms with Gasteiger partial charge in [0.05, 0.1) is 0 Å². The van der Waals surface area contributed by atoms with E-state index < -0.39 is 0 Å². The summed E-state index contributed by atoms with van der Waals surface area (Å²) in [5, 5.41) is 0. The Hall–Kier alpha value is -0.375. The van der Waals surface area contributed by atoms with Crippen LogP contribution in [0.5, 0.6) is 0 Å². The molecule has 0 aromatic carbocycles. The largest absolute Gasteiger partial charge is 0.105 e. The molecule has 1 heteroatoms. The van der Waals surface area contributed by atoms with Gasteiger partial charge in [-0.25, -0.2) is 0 Å². The van der Waals surface area contributed by atoms with E-state index in [2.05, 4.69) is 26.6 Å². The highest BCUT2D eigenvalue weighted by atomic mass is 14.5. The average Bonchev–Trinajstić information content (AvgIpc) is 2.58. The lowest BCUT2D eigenvalue weighted by Gasteiger charge is -2.01. The van der Waals surface area contributed by atoms with E-state index in [1.165, 1.54) is 19.3 Å². The zero-order valence-corrected chi connectivity index (χ0v) is 8.84. The topological polar surface area (TPSA) is 0 Å². The predicted molar refractivity (Wildman–Crippen MR) is 59.3 cm³/mol. The van der Waals surface area contributed by atoms with Crippen molar-refractivity contribution in [1.29, 1.82) is 0 Å². The van der Waals surface area contributed by atoms with Crippen LogP contribution >= 0.6 is 0 Å². The molecule has 1 unspecified atom stereocenters. The van der Waals surface area contributed by atoms with Gasteiger partial charge in [0, 0.05) is 12.8 Å². The van der Waals surface area contributed by atoms with E-state index in [1.54, 1.807) is 0 Å². The van der Waals surface area contributed by atoms with Gasteiger partial charge in [0.1, 0.15) is 7.85 Å². The molecule has 1 saturated carbocycles. The molecule has 0 nitrogen and oxygen atoms in total. The van der Waals surface area contributed by atoms with Gasteiger partial charge < -0.3 is 0 Å². The molecule has 70 valence electrons. The van der Waals surface area contributed by atoms with E-state index in [0.29, 0.717) is 0 Å². The quantitative estimate of drug-likeness (QED) is 0.445. The third kappa shape index (κ3) is 2.10. The Morgan fingerprint density at radius 2 is 1.77 bits per heavy atom. The van der Waals surface area contributed by atoms with E-state index in [4.69, 9.17) is 0 Å². The molecule has 4 atom stereocenters. The summed E-state index contributed by atoms with van der Waals surface area (Å²) >= 11 is 0. The third-order valence-electron chi connectivity index (χ3n) is 3.58. The highest BCUT2D eigenvalue weighted by Crippen LogP contribution is 2.55. The van der Waals surface area contributed by atoms with Gasteiger partial charge in [-0.2, -0.15) is 0 Å². The van der Waals surface area contributed by atoms with E-state index >= 15 is 0 Å². The molecule has 0 N–H and O–H groups in total. The molecule has 2 aliphatic carbocycles. The third-order valence-corrected chi connectivity index (χ3v) is 3.58. The summed E-state index contributed by atoms with van der Waals surface area (Å²) in [5.74, 6) is 10.6. The van der Waals surface area contributed by atoms with Crippen molar-refractivity contribution in [3.05, 3.63) is 0 Å². The lowest BCUT2D eigenvalue weighted by molar-refractivity contribution is 0.605. The minimum Gasteiger partial charge on any atom is -0.103 e. The Balaban J connectivity index is 1.86. The van der Waals surface area contributed by atoms with Crippen molar-refractivity contribution < 1.29 is 0 Å². The van der Waals surface area contributed by atoms with Crippen LogP contribution in [-0.4, -0.2) is 7.85 Å². The summed E-state index contributed by atoms with van der Waals surface area (Å²) in [7, 11) is 2.35. The molecule has 2 rings (SSSR count). The van der Waals surface area contributed by atoms with Gasteiger partial charge in [-0.3, -0.25) is 0 Å². The fourth-order valence-electron chi connectivity index (χ4n) is 2.93. The predicted octanol–water partition coefficient (Wildman–Crippen LogP) is 2.26. The molecule has 0 aromatic heterocycles. The minimum atomic E-state index is 0.888. The second-order valence-electron chi connectivity index (χ2n) is 5.05. The van der Waals surface area contributed by atoms with Crippen molar-refractivity contribution in [2.45, 2.75) is 44.8 Å². The Morgan fingerprint density at radius 1 is 1.23 bits per heavy atom. The van der Waals surface area contributed by atoms with Gasteiger partial charge in [0.25, 0.3) is 0 Å². The summed E-state index contributed by atoms with van der Waals surface area (Å²) in [4.78, 5) is 0. The first-order valence-electron chi connectivity index (χ1n) is 5.74. The van der Waals surface area contributed by atoms with Gasteiger partial charge in [0.15, 0.2) is 0 Å². The number of hydrogen-bond donors (Lipinski definition) is 0. The van der Waals surface area contributed by atoms with E-state index in [9.17, 15) is 0 Å². The van der Waals surface area contributed by atoms with Crippen LogP contribution in [0.1, 0.15) is 39.0 Å². The number of hydrogen-bond acceptors (Lipinski definition) is 0. The first-order valence-corrected chi connectivity index (χ1v) is 5.74. The molecule has 0 radical (unpaired) electrons. The SMILES string of the molecule is BC(C)C[C@@H]1[C@@H]2CCC#CCC[C@@H]21. The Kier molecular flexibility index (Phi) is 2.67. The lowest BCUT2D eigenvalue weighted by Crippen LogP contribution is -1.90. The number of rotatable bonds is 2. The van der Waals surface area contributed by atoms with Crippen LogP contribution in [0.3, 0.4) is 0 Å². The summed E-state index contributed by atoms with van der Waals surface area (Å²) in [5.41, 5.74) is 0. The molecule has 0 aromatic rings. The van der Waals surface area contributed by atoms with Gasteiger partial charge in [0.2, 0.25) is 0 Å². The minimum absolute atomic E-state index is 0.888. The maximum atomic E-state index is 3.27. The fourth-order valence-corrected chi connectivity index (χ4v) is 2.93. The van der Waals surface area contributed by atoms with Gasteiger partial charge in [-0.15, -0.1) is 11.8 Å². The van der Waals surface area contributed by atoms with Crippen molar-refractivity contribution in [2.24, 2.45) is 17.8 Å². The molecule has 13 heavy (non-hydrogen) atoms. The Morgan fingerprint density at radius 3 is 2.23 bits per heavy atom. The van der Waals surface area contributed by atoms with Crippen LogP contribution in [0.25, 0.3) is 0 Å². The Bertz CT molecular complexity index is 215. The standard InChI is InChI=1S/C12H19B/c1-9(13)8-12-10-6-4-2-3-5-7-11(10)12/h9-12H,4-8,13H2,1H3/t9?,10-,11+,12-. The molecule has 0 aliphatic heterocycles. The summed E-state index contributed by atoms with van der Waals surface area (Å²) in [6, 6.07) is 0. The maximum absolute atomic E-state index is 3.27. The van der Waals surface area contributed by atoms with E-state index in [-0.39, 0.29) is 0 Å². The summed E-state index contributed by atoms with van der Waals surface area (Å²) in [6.45, 7) is 2.35. The van der Waals surface area contributed by atoms with Crippen LogP contribution < -0.4 is 0 Å². The first kappa shape index (κ1) is 9.19. The van der Waals surface area contributed by atoms with Gasteiger partial charge in [-0.05, 0) is 30.6 Å². The molecule has 0 bridgehead atoms. The highest BCUT2D eigenvalue weighted by Gasteiger charge is 2.48. The average molecular weight is 174 g/mol. The molecule has 0 spiro atoms. The second-order valence-corrected chi connectivity index (χ2v) is 5.05. The molecule has 2 aliphatic rings. The molecular formula is C12H19B. The maximum Gasteiger partial charge on any atom is 0.105 e. The van der Waals surface area contributed by atoms with Gasteiger partial charge in [-0.1, -0.05) is 19.2 Å². The first-order chi connectivity index (χ1) is 6.29. The van der Waals surface area contributed by atoms with Crippen molar-refractivity contribution in [1.82, 2.24) is 0 Å².